The summed E-state index contributed by atoms with van der Waals surface area (Å²) >= 11 is 6.24. The van der Waals surface area contributed by atoms with Crippen molar-refractivity contribution in [3.63, 3.8) is 0 Å². The fraction of sp³-hybridized carbons (Fsp3) is 0.238. The number of nitrogens with one attached hydrogen (secondary N) is 2. The normalized spacial score (nSPS) is 15.3. The molecule has 1 aliphatic heterocycles. The monoisotopic (exact) mass is 416 g/mol. The molecule has 0 spiro atoms. The summed E-state index contributed by atoms with van der Waals surface area (Å²) in [5.74, 6) is 0.930. The predicted molar refractivity (Wildman–Crippen MR) is 112 cm³/mol. The Morgan fingerprint density at radius 2 is 2.14 bits per heavy atom. The second-order valence-electron chi connectivity index (χ2n) is 6.25. The number of hydrogen-bond acceptors (Lipinski definition) is 5. The Kier molecular flexibility index (Phi) is 6.29. The summed E-state index contributed by atoms with van der Waals surface area (Å²) in [5, 5.41) is 5.88. The number of hydrogen-bond donors (Lipinski definition) is 2. The van der Waals surface area contributed by atoms with Gasteiger partial charge in [-0.2, -0.15) is 0 Å². The SMILES string of the molecule is CCOc1c(Cl)cc(/C=C/C(=O)Nc2ccc3c(c2)NC(=O)[C@@H](C)O3)cc1OC. The lowest BCUT2D eigenvalue weighted by molar-refractivity contribution is -0.122. The van der Waals surface area contributed by atoms with Crippen molar-refractivity contribution in [3.8, 4) is 17.2 Å². The van der Waals surface area contributed by atoms with Gasteiger partial charge in [-0.05, 0) is 55.8 Å². The number of carbonyl (C=O) groups excluding carboxylic acids is 2. The first-order valence-corrected chi connectivity index (χ1v) is 9.40. The van der Waals surface area contributed by atoms with Crippen LogP contribution in [0, 0.1) is 0 Å². The summed E-state index contributed by atoms with van der Waals surface area (Å²) in [6.07, 6.45) is 2.44. The van der Waals surface area contributed by atoms with Crippen LogP contribution in [-0.4, -0.2) is 31.6 Å². The van der Waals surface area contributed by atoms with Crippen LogP contribution in [-0.2, 0) is 9.59 Å². The maximum absolute atomic E-state index is 12.3. The number of carbonyl (C=O) groups is 2. The van der Waals surface area contributed by atoms with E-state index in [-0.39, 0.29) is 11.8 Å². The fourth-order valence-corrected chi connectivity index (χ4v) is 3.04. The lowest BCUT2D eigenvalue weighted by Gasteiger charge is -2.23. The molecule has 1 aliphatic rings. The van der Waals surface area contributed by atoms with Crippen LogP contribution in [0.4, 0.5) is 11.4 Å². The molecule has 2 amide bonds. The van der Waals surface area contributed by atoms with E-state index in [0.717, 1.165) is 0 Å². The number of halogens is 1. The lowest BCUT2D eigenvalue weighted by atomic mass is 10.1. The molecular weight excluding hydrogens is 396 g/mol. The highest BCUT2D eigenvalue weighted by Crippen LogP contribution is 2.37. The zero-order valence-corrected chi connectivity index (χ0v) is 17.0. The molecule has 7 nitrogen and oxygen atoms in total. The molecular formula is C21H21ClN2O5. The second-order valence-corrected chi connectivity index (χ2v) is 6.66. The number of amides is 2. The molecule has 2 aromatic carbocycles. The van der Waals surface area contributed by atoms with E-state index in [4.69, 9.17) is 25.8 Å². The van der Waals surface area contributed by atoms with Gasteiger partial charge in [-0.25, -0.2) is 0 Å². The van der Waals surface area contributed by atoms with Crippen LogP contribution in [0.25, 0.3) is 6.08 Å². The first-order chi connectivity index (χ1) is 13.9. The summed E-state index contributed by atoms with van der Waals surface area (Å²) < 4.78 is 16.3. The highest BCUT2D eigenvalue weighted by atomic mass is 35.5. The molecule has 3 rings (SSSR count). The molecule has 8 heteroatoms. The first kappa shape index (κ1) is 20.5. The standard InChI is InChI=1S/C21H21ClN2O5/c1-4-28-20-15(22)9-13(10-18(20)27-3)5-8-19(25)23-14-6-7-17-16(11-14)24-21(26)12(2)29-17/h5-12H,4H2,1-3H3,(H,23,25)(H,24,26)/b8-5+/t12-/m1/s1. The van der Waals surface area contributed by atoms with Crippen LogP contribution in [0.1, 0.15) is 19.4 Å². The van der Waals surface area contributed by atoms with E-state index in [1.54, 1.807) is 43.3 Å². The van der Waals surface area contributed by atoms with Crippen LogP contribution in [0.5, 0.6) is 17.2 Å². The molecule has 0 aromatic heterocycles. The molecule has 0 radical (unpaired) electrons. The lowest BCUT2D eigenvalue weighted by Crippen LogP contribution is -2.34. The Balaban J connectivity index is 1.71. The number of ether oxygens (including phenoxy) is 3. The molecule has 2 aromatic rings. The van der Waals surface area contributed by atoms with Crippen molar-refractivity contribution in [2.75, 3.05) is 24.4 Å². The molecule has 0 bridgehead atoms. The van der Waals surface area contributed by atoms with Crippen molar-refractivity contribution >= 4 is 40.9 Å². The van der Waals surface area contributed by atoms with Crippen LogP contribution < -0.4 is 24.8 Å². The van der Waals surface area contributed by atoms with Gasteiger partial charge in [-0.15, -0.1) is 0 Å². The van der Waals surface area contributed by atoms with Gasteiger partial charge in [0, 0.05) is 11.8 Å². The number of methoxy groups -OCH3 is 1. The van der Waals surface area contributed by atoms with Crippen molar-refractivity contribution in [1.29, 1.82) is 0 Å². The van der Waals surface area contributed by atoms with Crippen LogP contribution in [0.2, 0.25) is 5.02 Å². The van der Waals surface area contributed by atoms with Crippen LogP contribution >= 0.6 is 11.6 Å². The topological polar surface area (TPSA) is 85.9 Å². The summed E-state index contributed by atoms with van der Waals surface area (Å²) in [4.78, 5) is 24.0. The fourth-order valence-electron chi connectivity index (χ4n) is 2.76. The smallest absolute Gasteiger partial charge is 0.265 e. The molecule has 0 aliphatic carbocycles. The Morgan fingerprint density at radius 3 is 2.86 bits per heavy atom. The quantitative estimate of drug-likeness (QED) is 0.692. The Morgan fingerprint density at radius 1 is 1.34 bits per heavy atom. The van der Waals surface area contributed by atoms with Gasteiger partial charge in [0.05, 0.1) is 24.4 Å². The van der Waals surface area contributed by atoms with Gasteiger partial charge in [0.2, 0.25) is 5.91 Å². The Labute approximate surface area is 173 Å². The maximum Gasteiger partial charge on any atom is 0.265 e. The van der Waals surface area contributed by atoms with Gasteiger partial charge in [0.15, 0.2) is 17.6 Å². The largest absolute Gasteiger partial charge is 0.493 e. The van der Waals surface area contributed by atoms with Crippen molar-refractivity contribution in [2.24, 2.45) is 0 Å². The average molecular weight is 417 g/mol. The number of anilines is 2. The van der Waals surface area contributed by atoms with Crippen molar-refractivity contribution in [3.05, 3.63) is 47.0 Å². The molecule has 152 valence electrons. The highest BCUT2D eigenvalue weighted by molar-refractivity contribution is 6.32. The molecule has 0 saturated heterocycles. The first-order valence-electron chi connectivity index (χ1n) is 9.02. The van der Waals surface area contributed by atoms with Gasteiger partial charge < -0.3 is 24.8 Å². The third-order valence-electron chi connectivity index (χ3n) is 4.15. The minimum absolute atomic E-state index is 0.234. The van der Waals surface area contributed by atoms with Crippen LogP contribution in [0.3, 0.4) is 0 Å². The molecule has 0 unspecified atom stereocenters. The summed E-state index contributed by atoms with van der Waals surface area (Å²) in [5.41, 5.74) is 1.72. The van der Waals surface area contributed by atoms with E-state index in [1.165, 1.54) is 13.2 Å². The summed E-state index contributed by atoms with van der Waals surface area (Å²) in [6.45, 7) is 3.98. The van der Waals surface area contributed by atoms with E-state index in [0.29, 0.717) is 45.8 Å². The van der Waals surface area contributed by atoms with Gasteiger partial charge in [-0.3, -0.25) is 9.59 Å². The molecule has 0 fully saturated rings. The van der Waals surface area contributed by atoms with Gasteiger partial charge in [0.25, 0.3) is 5.91 Å². The third-order valence-corrected chi connectivity index (χ3v) is 4.43. The van der Waals surface area contributed by atoms with E-state index >= 15 is 0 Å². The second kappa shape index (κ2) is 8.87. The average Bonchev–Trinajstić information content (AvgIpc) is 2.69. The third kappa shape index (κ3) is 4.81. The number of fused-ring (bicyclic) bond motifs is 1. The molecule has 2 N–H and O–H groups in total. The molecule has 1 heterocycles. The Bertz CT molecular complexity index is 974. The van der Waals surface area contributed by atoms with Gasteiger partial charge in [-0.1, -0.05) is 11.6 Å². The van der Waals surface area contributed by atoms with E-state index in [9.17, 15) is 9.59 Å². The zero-order chi connectivity index (χ0) is 21.0. The summed E-state index contributed by atoms with van der Waals surface area (Å²) in [7, 11) is 1.52. The minimum atomic E-state index is -0.552. The number of rotatable bonds is 6. The summed E-state index contributed by atoms with van der Waals surface area (Å²) in [6, 6.07) is 8.45. The molecule has 1 atom stereocenters. The predicted octanol–water partition coefficient (Wildman–Crippen LogP) is 4.12. The van der Waals surface area contributed by atoms with Crippen molar-refractivity contribution in [1.82, 2.24) is 0 Å². The van der Waals surface area contributed by atoms with Crippen molar-refractivity contribution in [2.45, 2.75) is 20.0 Å². The van der Waals surface area contributed by atoms with Crippen LogP contribution in [0.15, 0.2) is 36.4 Å². The van der Waals surface area contributed by atoms with E-state index in [2.05, 4.69) is 10.6 Å². The number of benzene rings is 2. The molecule has 0 saturated carbocycles. The van der Waals surface area contributed by atoms with Gasteiger partial charge in [0.1, 0.15) is 5.75 Å². The molecule has 29 heavy (non-hydrogen) atoms. The maximum atomic E-state index is 12.3. The zero-order valence-electron chi connectivity index (χ0n) is 16.2. The van der Waals surface area contributed by atoms with E-state index in [1.807, 2.05) is 6.92 Å². The highest BCUT2D eigenvalue weighted by Gasteiger charge is 2.23. The van der Waals surface area contributed by atoms with Crippen molar-refractivity contribution < 1.29 is 23.8 Å². The van der Waals surface area contributed by atoms with E-state index < -0.39 is 6.10 Å². The Hall–Kier alpha value is -3.19. The van der Waals surface area contributed by atoms with Gasteiger partial charge >= 0.3 is 0 Å². The minimum Gasteiger partial charge on any atom is -0.493 e.